The van der Waals surface area contributed by atoms with Gasteiger partial charge in [0.05, 0.1) is 23.4 Å². The average Bonchev–Trinajstić information content (AvgIpc) is 2.62. The number of hydrogen-bond donors (Lipinski definition) is 0. The van der Waals surface area contributed by atoms with E-state index in [-0.39, 0.29) is 5.56 Å². The van der Waals surface area contributed by atoms with Crippen LogP contribution in [0.1, 0.15) is 27.2 Å². The van der Waals surface area contributed by atoms with E-state index >= 15 is 0 Å². The third-order valence-corrected chi connectivity index (χ3v) is 4.06. The molecule has 0 aliphatic rings. The van der Waals surface area contributed by atoms with Gasteiger partial charge in [0.1, 0.15) is 5.65 Å². The van der Waals surface area contributed by atoms with E-state index in [4.69, 9.17) is 11.6 Å². The third kappa shape index (κ3) is 3.46. The minimum Gasteiger partial charge on any atom is -0.465 e. The molecule has 25 heavy (non-hydrogen) atoms. The van der Waals surface area contributed by atoms with Crippen molar-refractivity contribution in [2.24, 2.45) is 0 Å². The fourth-order valence-electron chi connectivity index (χ4n) is 2.44. The number of pyridine rings is 1. The van der Waals surface area contributed by atoms with Crippen LogP contribution in [0.3, 0.4) is 0 Å². The van der Waals surface area contributed by atoms with Gasteiger partial charge in [-0.1, -0.05) is 29.8 Å². The fraction of sp³-hybridized carbons (Fsp3) is 0.105. The molecule has 0 bridgehead atoms. The summed E-state index contributed by atoms with van der Waals surface area (Å²) < 4.78 is 6.14. The highest BCUT2D eigenvalue weighted by atomic mass is 35.5. The van der Waals surface area contributed by atoms with E-state index < -0.39 is 5.97 Å². The van der Waals surface area contributed by atoms with Gasteiger partial charge in [0, 0.05) is 12.3 Å². The van der Waals surface area contributed by atoms with Crippen molar-refractivity contribution < 1.29 is 9.53 Å². The zero-order chi connectivity index (χ0) is 18.0. The number of nitrogens with zero attached hydrogens (tertiary/aromatic N) is 2. The smallest absolute Gasteiger partial charge is 0.337 e. The number of fused-ring (bicyclic) bond motifs is 1. The van der Waals surface area contributed by atoms with Gasteiger partial charge in [-0.3, -0.25) is 9.20 Å². The molecule has 0 N–H and O–H groups in total. The maximum Gasteiger partial charge on any atom is 0.337 e. The Labute approximate surface area is 149 Å². The van der Waals surface area contributed by atoms with Crippen molar-refractivity contribution in [3.63, 3.8) is 0 Å². The Kier molecular flexibility index (Phi) is 4.67. The van der Waals surface area contributed by atoms with Gasteiger partial charge in [-0.2, -0.15) is 0 Å². The minimum atomic E-state index is -0.402. The van der Waals surface area contributed by atoms with Crippen molar-refractivity contribution in [3.05, 3.63) is 81.4 Å². The third-order valence-electron chi connectivity index (χ3n) is 3.76. The van der Waals surface area contributed by atoms with E-state index in [0.29, 0.717) is 21.9 Å². The van der Waals surface area contributed by atoms with Crippen LogP contribution in [-0.4, -0.2) is 22.5 Å². The summed E-state index contributed by atoms with van der Waals surface area (Å²) in [4.78, 5) is 28.2. The lowest BCUT2D eigenvalue weighted by Gasteiger charge is -2.06. The van der Waals surface area contributed by atoms with Crippen molar-refractivity contribution in [1.29, 1.82) is 0 Å². The van der Waals surface area contributed by atoms with Crippen LogP contribution in [0.5, 0.6) is 0 Å². The zero-order valence-corrected chi connectivity index (χ0v) is 14.4. The van der Waals surface area contributed by atoms with E-state index in [1.165, 1.54) is 17.6 Å². The molecule has 0 saturated carbocycles. The maximum absolute atomic E-state index is 12.2. The number of carbonyl (C=O) groups excluding carboxylic acids is 1. The van der Waals surface area contributed by atoms with E-state index in [2.05, 4.69) is 9.72 Å². The van der Waals surface area contributed by atoms with Crippen LogP contribution in [0, 0.1) is 6.92 Å². The van der Waals surface area contributed by atoms with E-state index in [9.17, 15) is 9.59 Å². The molecule has 0 aliphatic heterocycles. The van der Waals surface area contributed by atoms with Gasteiger partial charge in [-0.05, 0) is 42.3 Å². The Morgan fingerprint density at radius 3 is 2.64 bits per heavy atom. The second kappa shape index (κ2) is 6.91. The normalized spacial score (nSPS) is 11.6. The van der Waals surface area contributed by atoms with Crippen molar-refractivity contribution in [2.45, 2.75) is 6.92 Å². The van der Waals surface area contributed by atoms with Crippen LogP contribution >= 0.6 is 11.6 Å². The molecule has 0 radical (unpaired) electrons. The predicted octanol–water partition coefficient (Wildman–Crippen LogP) is 3.53. The summed E-state index contributed by atoms with van der Waals surface area (Å²) in [5.74, 6) is -0.402. The van der Waals surface area contributed by atoms with E-state index in [1.807, 2.05) is 13.0 Å². The standard InChI is InChI=1S/C19H15ClN2O3/c1-12-4-3-9-22-17(23)11-16(21-18(12)22)15(20)10-13-5-7-14(8-6-13)19(24)25-2/h3-11H,1-2H3/b15-10-. The lowest BCUT2D eigenvalue weighted by Crippen LogP contribution is -2.15. The van der Waals surface area contributed by atoms with Crippen LogP contribution < -0.4 is 5.56 Å². The monoisotopic (exact) mass is 354 g/mol. The van der Waals surface area contributed by atoms with Crippen molar-refractivity contribution in [2.75, 3.05) is 7.11 Å². The number of methoxy groups -OCH3 is 1. The molecule has 0 spiro atoms. The van der Waals surface area contributed by atoms with Gasteiger partial charge in [-0.25, -0.2) is 9.78 Å². The largest absolute Gasteiger partial charge is 0.465 e. The second-order valence-corrected chi connectivity index (χ2v) is 5.88. The quantitative estimate of drug-likeness (QED) is 0.675. The molecule has 0 saturated heterocycles. The zero-order valence-electron chi connectivity index (χ0n) is 13.7. The summed E-state index contributed by atoms with van der Waals surface area (Å²) in [6.07, 6.45) is 3.36. The molecule has 2 heterocycles. The molecule has 3 rings (SSSR count). The molecule has 3 aromatic rings. The number of ether oxygens (including phenoxy) is 1. The molecule has 126 valence electrons. The molecule has 5 nitrogen and oxygen atoms in total. The first-order valence-corrected chi connectivity index (χ1v) is 7.92. The second-order valence-electron chi connectivity index (χ2n) is 5.47. The summed E-state index contributed by atoms with van der Waals surface area (Å²) in [6.45, 7) is 1.88. The fourth-order valence-corrected chi connectivity index (χ4v) is 2.66. The number of rotatable bonds is 3. The molecule has 0 aliphatic carbocycles. The molecule has 1 aromatic carbocycles. The highest BCUT2D eigenvalue weighted by Crippen LogP contribution is 2.21. The van der Waals surface area contributed by atoms with Gasteiger partial charge in [0.2, 0.25) is 0 Å². The maximum atomic E-state index is 12.2. The molecular formula is C19H15ClN2O3. The van der Waals surface area contributed by atoms with E-state index in [1.54, 1.807) is 42.6 Å². The Morgan fingerprint density at radius 2 is 1.96 bits per heavy atom. The number of halogens is 1. The molecule has 6 heteroatoms. The molecule has 0 atom stereocenters. The Morgan fingerprint density at radius 1 is 1.24 bits per heavy atom. The minimum absolute atomic E-state index is 0.198. The first kappa shape index (κ1) is 16.9. The number of benzene rings is 1. The molecule has 2 aromatic heterocycles. The first-order valence-electron chi connectivity index (χ1n) is 7.54. The van der Waals surface area contributed by atoms with Crippen LogP contribution in [0.4, 0.5) is 0 Å². The highest BCUT2D eigenvalue weighted by molar-refractivity contribution is 6.51. The Bertz CT molecular complexity index is 1040. The topological polar surface area (TPSA) is 60.7 Å². The molecule has 0 amide bonds. The molecule has 0 unspecified atom stereocenters. The number of hydrogen-bond acceptors (Lipinski definition) is 4. The average molecular weight is 355 g/mol. The van der Waals surface area contributed by atoms with Crippen molar-refractivity contribution >= 4 is 34.3 Å². The van der Waals surface area contributed by atoms with Crippen molar-refractivity contribution in [3.8, 4) is 0 Å². The number of aromatic nitrogens is 2. The van der Waals surface area contributed by atoms with Crippen LogP contribution in [0.15, 0.2) is 53.5 Å². The van der Waals surface area contributed by atoms with Gasteiger partial charge in [-0.15, -0.1) is 0 Å². The number of esters is 1. The van der Waals surface area contributed by atoms with E-state index in [0.717, 1.165) is 11.1 Å². The van der Waals surface area contributed by atoms with Crippen LogP contribution in [-0.2, 0) is 4.74 Å². The number of aryl methyl sites for hydroxylation is 1. The summed E-state index contributed by atoms with van der Waals surface area (Å²) in [5.41, 5.74) is 2.89. The lowest BCUT2D eigenvalue weighted by atomic mass is 10.1. The SMILES string of the molecule is COC(=O)c1ccc(/C=C(\Cl)c2cc(=O)n3cccc(C)c3n2)cc1. The van der Waals surface area contributed by atoms with Gasteiger partial charge >= 0.3 is 5.97 Å². The predicted molar refractivity (Wildman–Crippen MR) is 97.7 cm³/mol. The summed E-state index contributed by atoms with van der Waals surface area (Å²) in [5, 5.41) is 0.341. The Hall–Kier alpha value is -2.92. The Balaban J connectivity index is 2.00. The molecular weight excluding hydrogens is 340 g/mol. The van der Waals surface area contributed by atoms with Gasteiger partial charge in [0.25, 0.3) is 5.56 Å². The van der Waals surface area contributed by atoms with Gasteiger partial charge < -0.3 is 4.74 Å². The molecule has 0 fully saturated rings. The van der Waals surface area contributed by atoms with Gasteiger partial charge in [0.15, 0.2) is 0 Å². The number of carbonyl (C=O) groups is 1. The van der Waals surface area contributed by atoms with Crippen molar-refractivity contribution in [1.82, 2.24) is 9.38 Å². The summed E-state index contributed by atoms with van der Waals surface area (Å²) >= 11 is 6.35. The lowest BCUT2D eigenvalue weighted by molar-refractivity contribution is 0.0600. The highest BCUT2D eigenvalue weighted by Gasteiger charge is 2.08. The first-order chi connectivity index (χ1) is 12.0. The van der Waals surface area contributed by atoms with Crippen LogP contribution in [0.25, 0.3) is 16.8 Å². The summed E-state index contributed by atoms with van der Waals surface area (Å²) in [6, 6.07) is 11.9. The summed E-state index contributed by atoms with van der Waals surface area (Å²) in [7, 11) is 1.33. The van der Waals surface area contributed by atoms with Crippen LogP contribution in [0.2, 0.25) is 0 Å².